The first-order valence-corrected chi connectivity index (χ1v) is 8.08. The SMILES string of the molecule is OCC(O)CNc1cc(Oc2c(F)cc(C(F)(F)F)cc2F)c(Br)cc1F. The summed E-state index contributed by atoms with van der Waals surface area (Å²) >= 11 is 2.92. The first-order valence-electron chi connectivity index (χ1n) is 7.29. The topological polar surface area (TPSA) is 61.7 Å². The molecule has 0 aromatic heterocycles. The number of aliphatic hydroxyl groups excluding tert-OH is 2. The molecule has 0 fully saturated rings. The fourth-order valence-electron chi connectivity index (χ4n) is 1.97. The van der Waals surface area contributed by atoms with E-state index in [1.165, 1.54) is 0 Å². The van der Waals surface area contributed by atoms with Crippen molar-refractivity contribution < 1.29 is 41.3 Å². The van der Waals surface area contributed by atoms with Gasteiger partial charge in [-0.1, -0.05) is 0 Å². The fraction of sp³-hybridized carbons (Fsp3) is 0.250. The first-order chi connectivity index (χ1) is 12.5. The molecule has 0 aliphatic heterocycles. The highest BCUT2D eigenvalue weighted by Crippen LogP contribution is 2.38. The van der Waals surface area contributed by atoms with Gasteiger partial charge in [0, 0.05) is 12.6 Å². The van der Waals surface area contributed by atoms with Crippen LogP contribution in [0.5, 0.6) is 11.5 Å². The summed E-state index contributed by atoms with van der Waals surface area (Å²) in [6.45, 7) is -0.825. The molecule has 1 unspecified atom stereocenters. The third kappa shape index (κ3) is 5.27. The lowest BCUT2D eigenvalue weighted by molar-refractivity contribution is -0.138. The third-order valence-corrected chi connectivity index (χ3v) is 3.92. The molecule has 0 aliphatic rings. The van der Waals surface area contributed by atoms with Crippen molar-refractivity contribution in [1.29, 1.82) is 0 Å². The molecule has 148 valence electrons. The molecule has 0 spiro atoms. The van der Waals surface area contributed by atoms with E-state index in [-0.39, 0.29) is 34.6 Å². The van der Waals surface area contributed by atoms with Crippen LogP contribution in [-0.4, -0.2) is 29.5 Å². The molecular weight excluding hydrogens is 448 g/mol. The van der Waals surface area contributed by atoms with E-state index in [1.54, 1.807) is 0 Å². The van der Waals surface area contributed by atoms with Gasteiger partial charge >= 0.3 is 6.18 Å². The van der Waals surface area contributed by atoms with Gasteiger partial charge in [-0.2, -0.15) is 13.2 Å². The number of ether oxygens (including phenoxy) is 1. The van der Waals surface area contributed by atoms with Crippen molar-refractivity contribution in [2.45, 2.75) is 12.3 Å². The van der Waals surface area contributed by atoms with E-state index >= 15 is 0 Å². The van der Waals surface area contributed by atoms with Gasteiger partial charge in [-0.15, -0.1) is 0 Å². The molecule has 27 heavy (non-hydrogen) atoms. The van der Waals surface area contributed by atoms with E-state index in [2.05, 4.69) is 21.2 Å². The van der Waals surface area contributed by atoms with E-state index < -0.39 is 47.7 Å². The van der Waals surface area contributed by atoms with E-state index in [4.69, 9.17) is 9.84 Å². The summed E-state index contributed by atoms with van der Waals surface area (Å²) in [4.78, 5) is 0. The molecule has 2 aromatic rings. The normalized spacial score (nSPS) is 12.8. The van der Waals surface area contributed by atoms with Gasteiger partial charge in [0.1, 0.15) is 11.6 Å². The molecule has 11 heteroatoms. The van der Waals surface area contributed by atoms with Crippen molar-refractivity contribution in [3.05, 3.63) is 51.8 Å². The van der Waals surface area contributed by atoms with Gasteiger partial charge in [0.25, 0.3) is 0 Å². The molecule has 2 rings (SSSR count). The maximum atomic E-state index is 13.9. The Morgan fingerprint density at radius 3 is 2.15 bits per heavy atom. The standard InChI is InChI=1S/C16H12BrF6NO3/c17-9-3-10(18)13(24-5-8(26)6-25)4-14(9)27-15-11(19)1-7(2-12(15)20)16(21,22)23/h1-4,8,24-26H,5-6H2. The number of rotatable bonds is 6. The molecule has 0 bridgehead atoms. The van der Waals surface area contributed by atoms with E-state index in [0.29, 0.717) is 0 Å². The van der Waals surface area contributed by atoms with Gasteiger partial charge in [-0.05, 0) is 34.1 Å². The van der Waals surface area contributed by atoms with Crippen LogP contribution < -0.4 is 10.1 Å². The predicted molar refractivity (Wildman–Crippen MR) is 87.1 cm³/mol. The highest BCUT2D eigenvalue weighted by Gasteiger charge is 2.33. The second-order valence-corrected chi connectivity index (χ2v) is 6.20. The summed E-state index contributed by atoms with van der Waals surface area (Å²) in [5.74, 6) is -5.40. The average Bonchev–Trinajstić information content (AvgIpc) is 2.57. The maximum Gasteiger partial charge on any atom is 0.416 e. The zero-order valence-electron chi connectivity index (χ0n) is 13.2. The Hall–Kier alpha value is -1.98. The summed E-state index contributed by atoms with van der Waals surface area (Å²) < 4.78 is 84.4. The Labute approximate surface area is 157 Å². The molecule has 0 saturated heterocycles. The number of aliphatic hydroxyl groups is 2. The van der Waals surface area contributed by atoms with Crippen LogP contribution in [0, 0.1) is 17.5 Å². The Morgan fingerprint density at radius 2 is 1.63 bits per heavy atom. The van der Waals surface area contributed by atoms with Crippen LogP contribution in [0.25, 0.3) is 0 Å². The van der Waals surface area contributed by atoms with Crippen molar-refractivity contribution in [3.63, 3.8) is 0 Å². The molecule has 0 radical (unpaired) electrons. The zero-order chi connectivity index (χ0) is 20.4. The second-order valence-electron chi connectivity index (χ2n) is 5.35. The molecule has 1 atom stereocenters. The predicted octanol–water partition coefficient (Wildman–Crippen LogP) is 4.44. The number of hydrogen-bond donors (Lipinski definition) is 3. The van der Waals surface area contributed by atoms with Crippen LogP contribution in [0.2, 0.25) is 0 Å². The minimum Gasteiger partial charge on any atom is -0.450 e. The van der Waals surface area contributed by atoms with Gasteiger partial charge in [0.2, 0.25) is 0 Å². The van der Waals surface area contributed by atoms with Gasteiger partial charge in [-0.25, -0.2) is 13.2 Å². The summed E-state index contributed by atoms with van der Waals surface area (Å²) in [5, 5.41) is 20.5. The van der Waals surface area contributed by atoms with Crippen LogP contribution in [0.1, 0.15) is 5.56 Å². The molecule has 0 saturated carbocycles. The maximum absolute atomic E-state index is 13.9. The number of nitrogens with one attached hydrogen (secondary N) is 1. The van der Waals surface area contributed by atoms with Crippen molar-refractivity contribution >= 4 is 21.6 Å². The molecule has 2 aromatic carbocycles. The molecule has 0 aliphatic carbocycles. The molecule has 3 N–H and O–H groups in total. The summed E-state index contributed by atoms with van der Waals surface area (Å²) in [5.41, 5.74) is -1.75. The Balaban J connectivity index is 2.34. The lowest BCUT2D eigenvalue weighted by atomic mass is 10.2. The van der Waals surface area contributed by atoms with Crippen LogP contribution in [0.4, 0.5) is 32.0 Å². The highest BCUT2D eigenvalue weighted by atomic mass is 79.9. The quantitative estimate of drug-likeness (QED) is 0.558. The van der Waals surface area contributed by atoms with Crippen molar-refractivity contribution in [2.24, 2.45) is 0 Å². The third-order valence-electron chi connectivity index (χ3n) is 3.30. The van der Waals surface area contributed by atoms with Gasteiger partial charge in [-0.3, -0.25) is 0 Å². The average molecular weight is 460 g/mol. The van der Waals surface area contributed by atoms with Gasteiger partial charge in [0.05, 0.1) is 28.4 Å². The number of halogens is 7. The van der Waals surface area contributed by atoms with Crippen LogP contribution >= 0.6 is 15.9 Å². The Morgan fingerprint density at radius 1 is 1.04 bits per heavy atom. The van der Waals surface area contributed by atoms with Crippen molar-refractivity contribution in [1.82, 2.24) is 0 Å². The van der Waals surface area contributed by atoms with Crippen LogP contribution in [0.15, 0.2) is 28.7 Å². The minimum atomic E-state index is -4.94. The monoisotopic (exact) mass is 459 g/mol. The summed E-state index contributed by atoms with van der Waals surface area (Å²) in [7, 11) is 0. The fourth-order valence-corrected chi connectivity index (χ4v) is 2.36. The minimum absolute atomic E-state index is 0.0630. The second kappa shape index (κ2) is 8.36. The molecule has 0 heterocycles. The lowest BCUT2D eigenvalue weighted by Crippen LogP contribution is -2.23. The summed E-state index contributed by atoms with van der Waals surface area (Å²) in [6.07, 6.45) is -6.14. The smallest absolute Gasteiger partial charge is 0.416 e. The van der Waals surface area contributed by atoms with Crippen molar-refractivity contribution in [3.8, 4) is 11.5 Å². The Kier molecular flexibility index (Phi) is 6.60. The lowest BCUT2D eigenvalue weighted by Gasteiger charge is -2.15. The largest absolute Gasteiger partial charge is 0.450 e. The number of anilines is 1. The summed E-state index contributed by atoms with van der Waals surface area (Å²) in [6, 6.07) is 2.03. The molecule has 4 nitrogen and oxygen atoms in total. The number of alkyl halides is 3. The molecule has 0 amide bonds. The molecular formula is C16H12BrF6NO3. The number of benzene rings is 2. The van der Waals surface area contributed by atoms with Crippen molar-refractivity contribution in [2.75, 3.05) is 18.5 Å². The van der Waals surface area contributed by atoms with E-state index in [9.17, 15) is 31.4 Å². The number of hydrogen-bond acceptors (Lipinski definition) is 4. The van der Waals surface area contributed by atoms with Crippen LogP contribution in [0.3, 0.4) is 0 Å². The van der Waals surface area contributed by atoms with E-state index in [1.807, 2.05) is 0 Å². The first kappa shape index (κ1) is 21.3. The van der Waals surface area contributed by atoms with Gasteiger partial charge < -0.3 is 20.3 Å². The Bertz CT molecular complexity index is 808. The van der Waals surface area contributed by atoms with Crippen LogP contribution in [-0.2, 0) is 6.18 Å². The zero-order valence-corrected chi connectivity index (χ0v) is 14.8. The van der Waals surface area contributed by atoms with Gasteiger partial charge in [0.15, 0.2) is 17.4 Å². The van der Waals surface area contributed by atoms with E-state index in [0.717, 1.165) is 12.1 Å². The highest BCUT2D eigenvalue weighted by molar-refractivity contribution is 9.10.